The van der Waals surface area contributed by atoms with E-state index in [4.69, 9.17) is 4.74 Å². The largest absolute Gasteiger partial charge is 0.495 e. The Bertz CT molecular complexity index is 312. The fourth-order valence-corrected chi connectivity index (χ4v) is 1.37. The van der Waals surface area contributed by atoms with Crippen molar-refractivity contribution in [2.75, 3.05) is 7.11 Å². The average Bonchev–Trinajstić information content (AvgIpc) is 2.09. The number of methoxy groups -OCH3 is 1. The van der Waals surface area contributed by atoms with Gasteiger partial charge in [0.1, 0.15) is 11.6 Å². The number of rotatable bonds is 2. The minimum Gasteiger partial charge on any atom is -0.495 e. The monoisotopic (exact) mass is 232 g/mol. The summed E-state index contributed by atoms with van der Waals surface area (Å²) in [6, 6.07) is 2.57. The molecule has 1 aromatic rings. The topological polar surface area (TPSA) is 26.3 Å². The molecule has 0 aliphatic rings. The number of aldehydes is 1. The molecule has 2 nitrogen and oxygen atoms in total. The second-order valence-electron chi connectivity index (χ2n) is 2.10. The first-order chi connectivity index (χ1) is 5.70. The lowest BCUT2D eigenvalue weighted by atomic mass is 10.2. The number of hydrogen-bond acceptors (Lipinski definition) is 2. The molecule has 0 N–H and O–H groups in total. The Morgan fingerprint density at radius 3 is 2.75 bits per heavy atom. The zero-order chi connectivity index (χ0) is 9.14. The van der Waals surface area contributed by atoms with Crippen molar-refractivity contribution >= 4 is 22.2 Å². The molecular weight excluding hydrogens is 227 g/mol. The van der Waals surface area contributed by atoms with E-state index in [1.165, 1.54) is 19.2 Å². The highest BCUT2D eigenvalue weighted by Gasteiger charge is 2.10. The molecule has 0 bridgehead atoms. The smallest absolute Gasteiger partial charge is 0.153 e. The predicted octanol–water partition coefficient (Wildman–Crippen LogP) is 2.41. The van der Waals surface area contributed by atoms with Gasteiger partial charge in [-0.3, -0.25) is 4.79 Å². The predicted molar refractivity (Wildman–Crippen MR) is 46.0 cm³/mol. The summed E-state index contributed by atoms with van der Waals surface area (Å²) in [4.78, 5) is 10.4. The lowest BCUT2D eigenvalue weighted by Gasteiger charge is -2.05. The molecule has 1 rings (SSSR count). The zero-order valence-electron chi connectivity index (χ0n) is 6.30. The van der Waals surface area contributed by atoms with Crippen LogP contribution in [0.2, 0.25) is 0 Å². The highest BCUT2D eigenvalue weighted by atomic mass is 79.9. The van der Waals surface area contributed by atoms with E-state index < -0.39 is 5.82 Å². The summed E-state index contributed by atoms with van der Waals surface area (Å²) >= 11 is 2.97. The minimum atomic E-state index is -0.447. The lowest BCUT2D eigenvalue weighted by Crippen LogP contribution is -1.93. The molecule has 0 atom stereocenters. The van der Waals surface area contributed by atoms with Crippen LogP contribution in [0.1, 0.15) is 10.4 Å². The third kappa shape index (κ3) is 1.48. The average molecular weight is 233 g/mol. The minimum absolute atomic E-state index is 0.176. The molecule has 4 heteroatoms. The van der Waals surface area contributed by atoms with Crippen LogP contribution in [0.4, 0.5) is 4.39 Å². The van der Waals surface area contributed by atoms with Gasteiger partial charge in [-0.15, -0.1) is 0 Å². The summed E-state index contributed by atoms with van der Waals surface area (Å²) < 4.78 is 17.8. The van der Waals surface area contributed by atoms with E-state index in [2.05, 4.69) is 15.9 Å². The lowest BCUT2D eigenvalue weighted by molar-refractivity contribution is 0.112. The molecule has 0 radical (unpaired) electrons. The molecule has 0 amide bonds. The first-order valence-electron chi connectivity index (χ1n) is 3.18. The van der Waals surface area contributed by atoms with Gasteiger partial charge in [0.25, 0.3) is 0 Å². The van der Waals surface area contributed by atoms with Crippen LogP contribution in [-0.2, 0) is 0 Å². The molecule has 1 aromatic carbocycles. The maximum atomic E-state index is 12.8. The van der Waals surface area contributed by atoms with Gasteiger partial charge < -0.3 is 4.74 Å². The zero-order valence-corrected chi connectivity index (χ0v) is 7.89. The van der Waals surface area contributed by atoms with Crippen molar-refractivity contribution in [2.24, 2.45) is 0 Å². The molecule has 0 fully saturated rings. The molecular formula is C8H6BrFO2. The molecule has 0 unspecified atom stereocenters. The van der Waals surface area contributed by atoms with Crippen LogP contribution in [0, 0.1) is 5.82 Å². The van der Waals surface area contributed by atoms with E-state index in [1.54, 1.807) is 0 Å². The van der Waals surface area contributed by atoms with Crippen LogP contribution in [0.25, 0.3) is 0 Å². The highest BCUT2D eigenvalue weighted by Crippen LogP contribution is 2.30. The van der Waals surface area contributed by atoms with Gasteiger partial charge >= 0.3 is 0 Å². The van der Waals surface area contributed by atoms with Crippen molar-refractivity contribution < 1.29 is 13.9 Å². The molecule has 0 saturated carbocycles. The second-order valence-corrected chi connectivity index (χ2v) is 2.89. The van der Waals surface area contributed by atoms with E-state index >= 15 is 0 Å². The fourth-order valence-electron chi connectivity index (χ4n) is 0.847. The fraction of sp³-hybridized carbons (Fsp3) is 0.125. The first-order valence-corrected chi connectivity index (χ1v) is 3.97. The number of carbonyl (C=O) groups is 1. The van der Waals surface area contributed by atoms with Crippen molar-refractivity contribution in [1.29, 1.82) is 0 Å². The Kier molecular flexibility index (Phi) is 2.81. The van der Waals surface area contributed by atoms with Crippen molar-refractivity contribution in [3.63, 3.8) is 0 Å². The Morgan fingerprint density at radius 1 is 1.58 bits per heavy atom. The number of benzene rings is 1. The summed E-state index contributed by atoms with van der Waals surface area (Å²) in [7, 11) is 1.38. The highest BCUT2D eigenvalue weighted by molar-refractivity contribution is 9.10. The van der Waals surface area contributed by atoms with Gasteiger partial charge in [-0.25, -0.2) is 4.39 Å². The number of carbonyl (C=O) groups excluding carboxylic acids is 1. The Balaban J connectivity index is 3.35. The quantitative estimate of drug-likeness (QED) is 0.733. The van der Waals surface area contributed by atoms with Gasteiger partial charge in [-0.1, -0.05) is 0 Å². The van der Waals surface area contributed by atoms with Crippen molar-refractivity contribution in [3.05, 3.63) is 28.0 Å². The molecule has 0 aliphatic carbocycles. The molecule has 12 heavy (non-hydrogen) atoms. The van der Waals surface area contributed by atoms with E-state index in [0.717, 1.165) is 0 Å². The van der Waals surface area contributed by atoms with Gasteiger partial charge in [0, 0.05) is 0 Å². The summed E-state index contributed by atoms with van der Waals surface area (Å²) in [6.45, 7) is 0. The summed E-state index contributed by atoms with van der Waals surface area (Å²) in [5.74, 6) is -0.220. The molecule has 0 aliphatic heterocycles. The molecule has 0 aromatic heterocycles. The van der Waals surface area contributed by atoms with E-state index in [-0.39, 0.29) is 10.2 Å². The molecule has 0 spiro atoms. The third-order valence-corrected chi connectivity index (χ3v) is 2.15. The van der Waals surface area contributed by atoms with Crippen LogP contribution in [-0.4, -0.2) is 13.4 Å². The van der Waals surface area contributed by atoms with Gasteiger partial charge in [-0.05, 0) is 28.1 Å². The Hall–Kier alpha value is -0.900. The summed E-state index contributed by atoms with van der Waals surface area (Å²) in [5, 5.41) is 0. The number of ether oxygens (including phenoxy) is 1. The summed E-state index contributed by atoms with van der Waals surface area (Å²) in [5.41, 5.74) is 0.325. The van der Waals surface area contributed by atoms with Crippen LogP contribution in [0.5, 0.6) is 5.75 Å². The van der Waals surface area contributed by atoms with Crippen molar-refractivity contribution in [1.82, 2.24) is 0 Å². The van der Waals surface area contributed by atoms with Gasteiger partial charge in [0.15, 0.2) is 6.29 Å². The Labute approximate surface area is 77.5 Å². The first kappa shape index (κ1) is 9.19. The number of halogens is 2. The maximum absolute atomic E-state index is 12.8. The summed E-state index contributed by atoms with van der Waals surface area (Å²) in [6.07, 6.45) is 0.614. The van der Waals surface area contributed by atoms with Crippen LogP contribution >= 0.6 is 15.9 Å². The van der Waals surface area contributed by atoms with Gasteiger partial charge in [0.2, 0.25) is 0 Å². The van der Waals surface area contributed by atoms with Crippen molar-refractivity contribution in [3.8, 4) is 5.75 Å². The molecule has 0 saturated heterocycles. The SMILES string of the molecule is COc1c(C=O)ccc(F)c1Br. The molecule has 0 heterocycles. The molecule has 64 valence electrons. The van der Waals surface area contributed by atoms with Crippen LogP contribution < -0.4 is 4.74 Å². The van der Waals surface area contributed by atoms with Gasteiger partial charge in [-0.2, -0.15) is 0 Å². The van der Waals surface area contributed by atoms with Crippen LogP contribution in [0.15, 0.2) is 16.6 Å². The van der Waals surface area contributed by atoms with E-state index in [9.17, 15) is 9.18 Å². The van der Waals surface area contributed by atoms with Gasteiger partial charge in [0.05, 0.1) is 17.1 Å². The maximum Gasteiger partial charge on any atom is 0.153 e. The standard InChI is InChI=1S/C8H6BrFO2/c1-12-8-5(4-11)2-3-6(10)7(8)9/h2-4H,1H3. The third-order valence-electron chi connectivity index (χ3n) is 1.41. The number of hydrogen-bond donors (Lipinski definition) is 0. The van der Waals surface area contributed by atoms with Crippen molar-refractivity contribution in [2.45, 2.75) is 0 Å². The van der Waals surface area contributed by atoms with E-state index in [1.807, 2.05) is 0 Å². The second kappa shape index (κ2) is 3.67. The van der Waals surface area contributed by atoms with E-state index in [0.29, 0.717) is 11.8 Å². The normalized spacial score (nSPS) is 9.58. The Morgan fingerprint density at radius 2 is 2.25 bits per heavy atom. The van der Waals surface area contributed by atoms with Crippen LogP contribution in [0.3, 0.4) is 0 Å².